The monoisotopic (exact) mass is 940 g/mol. The number of aromatic nitrogens is 4. The van der Waals surface area contributed by atoms with E-state index < -0.39 is 6.85 Å². The van der Waals surface area contributed by atoms with Gasteiger partial charge in [-0.3, -0.25) is 9.97 Å². The summed E-state index contributed by atoms with van der Waals surface area (Å²) < 4.78 is 29.6. The predicted molar refractivity (Wildman–Crippen MR) is 239 cm³/mol. The van der Waals surface area contributed by atoms with Crippen LogP contribution in [0.2, 0.25) is 0 Å². The molecule has 5 nitrogen and oxygen atoms in total. The first-order valence-electron chi connectivity index (χ1n) is 21.5. The van der Waals surface area contributed by atoms with E-state index in [9.17, 15) is 0 Å². The van der Waals surface area contributed by atoms with Crippen molar-refractivity contribution in [2.75, 3.05) is 19.0 Å². The van der Waals surface area contributed by atoms with E-state index in [0.717, 1.165) is 62.9 Å². The van der Waals surface area contributed by atoms with Crippen LogP contribution in [0.1, 0.15) is 85.1 Å². The van der Waals surface area contributed by atoms with E-state index in [2.05, 4.69) is 141 Å². The Morgan fingerprint density at radius 2 is 1.55 bits per heavy atom. The van der Waals surface area contributed by atoms with Gasteiger partial charge in [0.25, 0.3) is 7.41 Å². The largest absolute Gasteiger partial charge is 0.416 e. The number of anilines is 1. The molecule has 0 fully saturated rings. The molecule has 5 aromatic carbocycles. The second-order valence-corrected chi connectivity index (χ2v) is 17.6. The molecule has 7 heteroatoms. The van der Waals surface area contributed by atoms with Gasteiger partial charge in [-0.1, -0.05) is 122 Å². The Hall–Kier alpha value is -4.97. The van der Waals surface area contributed by atoms with Crippen LogP contribution >= 0.6 is 0 Å². The fourth-order valence-corrected chi connectivity index (χ4v) is 9.69. The summed E-state index contributed by atoms with van der Waals surface area (Å²) in [6.07, 6.45) is 5.87. The minimum Gasteiger partial charge on any atom is -0.416 e. The van der Waals surface area contributed by atoms with E-state index in [4.69, 9.17) is 9.10 Å². The van der Waals surface area contributed by atoms with Gasteiger partial charge >= 0.3 is 0 Å². The van der Waals surface area contributed by atoms with Crippen molar-refractivity contribution in [1.82, 2.24) is 18.8 Å². The van der Waals surface area contributed by atoms with Crippen LogP contribution in [0, 0.1) is 32.8 Å². The number of imidazole rings is 2. The van der Waals surface area contributed by atoms with Crippen molar-refractivity contribution in [2.45, 2.75) is 84.4 Å². The Morgan fingerprint density at radius 3 is 2.31 bits per heavy atom. The summed E-state index contributed by atoms with van der Waals surface area (Å²) in [5, 5.41) is 2.59. The third-order valence-corrected chi connectivity index (χ3v) is 13.4. The summed E-state index contributed by atoms with van der Waals surface area (Å²) in [5.74, 6) is 0.900. The van der Waals surface area contributed by atoms with Crippen LogP contribution < -0.4 is 10.4 Å². The van der Waals surface area contributed by atoms with E-state index in [0.29, 0.717) is 5.56 Å². The van der Waals surface area contributed by atoms with Crippen molar-refractivity contribution < 1.29 is 24.2 Å². The van der Waals surface area contributed by atoms with Crippen molar-refractivity contribution in [3.63, 3.8) is 0 Å². The second-order valence-electron chi connectivity index (χ2n) is 17.6. The molecular weight excluding hydrogens is 886 g/mol. The van der Waals surface area contributed by atoms with Crippen molar-refractivity contribution in [3.8, 4) is 22.6 Å². The first-order valence-corrected chi connectivity index (χ1v) is 20.0. The van der Waals surface area contributed by atoms with Crippen LogP contribution in [0.4, 0.5) is 5.69 Å². The summed E-state index contributed by atoms with van der Waals surface area (Å²) in [6.45, 7) is 13.8. The molecule has 1 aliphatic carbocycles. The van der Waals surface area contributed by atoms with Crippen LogP contribution in [-0.4, -0.2) is 40.4 Å². The molecule has 0 N–H and O–H groups in total. The van der Waals surface area contributed by atoms with Crippen molar-refractivity contribution in [2.24, 2.45) is 0 Å². The molecule has 0 saturated carbocycles. The van der Waals surface area contributed by atoms with Gasteiger partial charge in [-0.2, -0.15) is 0 Å². The summed E-state index contributed by atoms with van der Waals surface area (Å²) in [7, 11) is 6.22. The van der Waals surface area contributed by atoms with Crippen LogP contribution in [0.5, 0.6) is 0 Å². The Balaban J connectivity index is 0.000000185. The minimum atomic E-state index is -2.23. The predicted octanol–water partition coefficient (Wildman–Crippen LogP) is 10.9. The van der Waals surface area contributed by atoms with E-state index in [1.807, 2.05) is 62.9 Å². The van der Waals surface area contributed by atoms with Gasteiger partial charge in [-0.05, 0) is 75.3 Å². The van der Waals surface area contributed by atoms with Crippen LogP contribution in [0.25, 0.3) is 50.0 Å². The fraction of sp³-hybridized carbons (Fsp3) is 0.294. The number of fused-ring (bicyclic) bond motifs is 5. The maximum Gasteiger partial charge on any atom is 0.281 e. The molecule has 2 radical (unpaired) electrons. The number of hydrogen-bond donors (Lipinski definition) is 0. The Bertz CT molecular complexity index is 2980. The maximum absolute atomic E-state index is 8.41. The maximum atomic E-state index is 8.41. The number of nitrogens with zero attached hydrogens (tertiary/aromatic N) is 5. The van der Waals surface area contributed by atoms with Gasteiger partial charge in [0, 0.05) is 70.0 Å². The van der Waals surface area contributed by atoms with Crippen molar-refractivity contribution in [1.29, 1.82) is 0 Å². The minimum absolute atomic E-state index is 0. The van der Waals surface area contributed by atoms with Gasteiger partial charge in [-0.15, -0.1) is 53.9 Å². The molecule has 1 aliphatic heterocycles. The summed E-state index contributed by atoms with van der Waals surface area (Å²) in [6, 6.07) is 37.7. The molecule has 3 aromatic heterocycles. The summed E-state index contributed by atoms with van der Waals surface area (Å²) >= 11 is 0. The standard InChI is InChI=1S/C32H31N2.C19H20BN3.Ir/c1-19-15-16-24-27-25(19)20-11-7-8-12-21(20)29-33-26-22-13-9-10-14-23(22)30(2,3)17-18-32(6,31(24,4)5)28(26)34(27)29;1-14-8-7-9-15(2)18(14)20-23-13-12-21-19(23)16-10-5-6-11-17(16)22(3)4;/h7-11,13-16H,17-18H2,1-6H3;5-9,11-13H,1-4H3;/q2*-1;/i1D3;;. The molecular formula is C51H51BIrN5-2. The van der Waals surface area contributed by atoms with Gasteiger partial charge in [0.05, 0.1) is 11.3 Å². The molecule has 0 bridgehead atoms. The number of rotatable bonds is 4. The zero-order valence-corrected chi connectivity index (χ0v) is 37.3. The number of benzene rings is 5. The SMILES string of the molecule is Cc1cccc(C)c1[B]n1ccnc1-c1[c-]cccc1N(C)C.[2H]C([2H])([2H])c1ccc2c3c1c1ccc[c-]c1c1nc4c(n13)C(C)(CCC(C)(C)c1ccccc1-4)C2(C)C.[Ir]. The van der Waals surface area contributed by atoms with Crippen molar-refractivity contribution in [3.05, 3.63) is 149 Å². The Morgan fingerprint density at radius 1 is 0.810 bits per heavy atom. The van der Waals surface area contributed by atoms with Crippen LogP contribution in [0.3, 0.4) is 0 Å². The smallest absolute Gasteiger partial charge is 0.281 e. The first-order chi connectivity index (χ1) is 28.5. The van der Waals surface area contributed by atoms with Gasteiger partial charge in [0.15, 0.2) is 0 Å². The molecule has 4 heterocycles. The average Bonchev–Trinajstić information content (AvgIpc) is 3.86. The van der Waals surface area contributed by atoms with Gasteiger partial charge in [0.1, 0.15) is 0 Å². The van der Waals surface area contributed by atoms with Crippen LogP contribution in [0.15, 0.2) is 103 Å². The second kappa shape index (κ2) is 14.4. The molecule has 1 unspecified atom stereocenters. The van der Waals surface area contributed by atoms with E-state index in [1.165, 1.54) is 39.0 Å². The Kier molecular flexibility index (Phi) is 8.97. The number of pyridine rings is 1. The van der Waals surface area contributed by atoms with E-state index in [1.54, 1.807) is 0 Å². The molecule has 0 amide bonds. The van der Waals surface area contributed by atoms with E-state index >= 15 is 0 Å². The molecule has 1 atom stereocenters. The van der Waals surface area contributed by atoms with Gasteiger partial charge < -0.3 is 13.8 Å². The molecule has 58 heavy (non-hydrogen) atoms. The van der Waals surface area contributed by atoms with Crippen molar-refractivity contribution >= 4 is 45.9 Å². The zero-order valence-electron chi connectivity index (χ0n) is 37.9. The average molecular weight is 940 g/mol. The third kappa shape index (κ3) is 5.91. The molecule has 10 rings (SSSR count). The molecule has 0 spiro atoms. The molecule has 294 valence electrons. The van der Waals surface area contributed by atoms with Gasteiger partial charge in [0.2, 0.25) is 0 Å². The number of hydrogen-bond acceptors (Lipinski definition) is 3. The Labute approximate surface area is 362 Å². The molecule has 2 aliphatic rings. The third-order valence-electron chi connectivity index (χ3n) is 13.4. The van der Waals surface area contributed by atoms with Crippen LogP contribution in [-0.2, 0) is 36.4 Å². The normalized spacial score (nSPS) is 18.2. The molecule has 0 saturated heterocycles. The summed E-state index contributed by atoms with van der Waals surface area (Å²) in [5.41, 5.74) is 13.6. The van der Waals surface area contributed by atoms with Gasteiger partial charge in [-0.25, -0.2) is 0 Å². The number of aryl methyl sites for hydroxylation is 3. The fourth-order valence-electron chi connectivity index (χ4n) is 9.69. The zero-order chi connectivity index (χ0) is 42.5. The molecule has 8 aromatic rings. The topological polar surface area (TPSA) is 38.4 Å². The van der Waals surface area contributed by atoms with E-state index in [-0.39, 0.29) is 36.4 Å². The first kappa shape index (κ1) is 36.1. The quantitative estimate of drug-likeness (QED) is 0.100. The summed E-state index contributed by atoms with van der Waals surface area (Å²) in [4.78, 5) is 12.1.